The molecule has 25 heavy (non-hydrogen) atoms. The second-order valence-electron chi connectivity index (χ2n) is 5.33. The Kier molecular flexibility index (Phi) is 5.06. The second kappa shape index (κ2) is 7.25. The van der Waals surface area contributed by atoms with E-state index in [1.165, 1.54) is 14.2 Å². The summed E-state index contributed by atoms with van der Waals surface area (Å²) in [5.74, 6) is -1.23. The minimum Gasteiger partial charge on any atom is -0.466 e. The predicted octanol–water partition coefficient (Wildman–Crippen LogP) is 3.00. The molecular weight excluding hydrogens is 390 g/mol. The standard InChI is InChI=1S/C18H16BrNO5/c1-23-17(21)13-9-25-10-20(16(13)18(22)24-2)15-8-4-5-11-12(15)6-3-7-14(11)19/h3-8H,9-10H2,1-2H3. The third-order valence-electron chi connectivity index (χ3n) is 3.97. The minimum absolute atomic E-state index is 0.0118. The summed E-state index contributed by atoms with van der Waals surface area (Å²) in [7, 11) is 2.54. The number of benzene rings is 2. The summed E-state index contributed by atoms with van der Waals surface area (Å²) >= 11 is 3.53. The molecule has 0 unspecified atom stereocenters. The molecule has 0 saturated carbocycles. The average molecular weight is 406 g/mol. The molecule has 0 fully saturated rings. The number of nitrogens with zero attached hydrogens (tertiary/aromatic N) is 1. The first-order valence-electron chi connectivity index (χ1n) is 7.50. The van der Waals surface area contributed by atoms with E-state index in [0.717, 1.165) is 20.9 Å². The van der Waals surface area contributed by atoms with Crippen molar-refractivity contribution in [3.05, 3.63) is 52.1 Å². The molecule has 0 radical (unpaired) electrons. The fourth-order valence-electron chi connectivity index (χ4n) is 2.82. The Morgan fingerprint density at radius 2 is 1.72 bits per heavy atom. The van der Waals surface area contributed by atoms with Crippen LogP contribution in [0.5, 0.6) is 0 Å². The Morgan fingerprint density at radius 1 is 1.04 bits per heavy atom. The molecule has 0 bridgehead atoms. The quantitative estimate of drug-likeness (QED) is 0.731. The van der Waals surface area contributed by atoms with E-state index in [-0.39, 0.29) is 24.6 Å². The van der Waals surface area contributed by atoms with Crippen LogP contribution in [0.15, 0.2) is 52.1 Å². The van der Waals surface area contributed by atoms with E-state index in [1.807, 2.05) is 36.4 Å². The molecule has 1 aliphatic heterocycles. The number of methoxy groups -OCH3 is 2. The zero-order valence-electron chi connectivity index (χ0n) is 13.7. The van der Waals surface area contributed by atoms with E-state index in [0.29, 0.717) is 0 Å². The Hall–Kier alpha value is -2.38. The van der Waals surface area contributed by atoms with E-state index in [4.69, 9.17) is 14.2 Å². The van der Waals surface area contributed by atoms with Gasteiger partial charge in [-0.2, -0.15) is 0 Å². The zero-order chi connectivity index (χ0) is 18.0. The van der Waals surface area contributed by atoms with Crippen LogP contribution in [0.2, 0.25) is 0 Å². The SMILES string of the molecule is COC(=O)C1=C(C(=O)OC)N(c2cccc3c(Br)cccc23)COC1. The van der Waals surface area contributed by atoms with Gasteiger partial charge < -0.3 is 19.1 Å². The number of hydrogen-bond acceptors (Lipinski definition) is 6. The summed E-state index contributed by atoms with van der Waals surface area (Å²) in [4.78, 5) is 26.1. The number of carbonyl (C=O) groups excluding carboxylic acids is 2. The Labute approximate surface area is 153 Å². The first-order valence-corrected chi connectivity index (χ1v) is 8.30. The van der Waals surface area contributed by atoms with Crippen LogP contribution in [0, 0.1) is 0 Å². The van der Waals surface area contributed by atoms with Gasteiger partial charge in [0.25, 0.3) is 0 Å². The van der Waals surface area contributed by atoms with Crippen LogP contribution in [0.4, 0.5) is 5.69 Å². The molecule has 6 nitrogen and oxygen atoms in total. The molecule has 0 saturated heterocycles. The van der Waals surface area contributed by atoms with Crippen molar-refractivity contribution in [2.45, 2.75) is 0 Å². The number of ether oxygens (including phenoxy) is 3. The fourth-order valence-corrected chi connectivity index (χ4v) is 3.32. The van der Waals surface area contributed by atoms with Gasteiger partial charge in [-0.05, 0) is 17.5 Å². The molecule has 7 heteroatoms. The van der Waals surface area contributed by atoms with Gasteiger partial charge in [0.15, 0.2) is 0 Å². The van der Waals surface area contributed by atoms with Crippen molar-refractivity contribution < 1.29 is 23.8 Å². The Morgan fingerprint density at radius 3 is 2.44 bits per heavy atom. The monoisotopic (exact) mass is 405 g/mol. The van der Waals surface area contributed by atoms with Crippen molar-refractivity contribution in [2.75, 3.05) is 32.5 Å². The number of esters is 2. The molecule has 130 valence electrons. The Balaban J connectivity index is 2.23. The number of hydrogen-bond donors (Lipinski definition) is 0. The fraction of sp³-hybridized carbons (Fsp3) is 0.222. The summed E-state index contributed by atoms with van der Waals surface area (Å²) in [6.45, 7) is 0.110. The maximum Gasteiger partial charge on any atom is 0.355 e. The highest BCUT2D eigenvalue weighted by molar-refractivity contribution is 9.10. The third kappa shape index (κ3) is 3.12. The summed E-state index contributed by atoms with van der Waals surface area (Å²) < 4.78 is 16.1. The lowest BCUT2D eigenvalue weighted by Gasteiger charge is -2.32. The van der Waals surface area contributed by atoms with Gasteiger partial charge in [0.1, 0.15) is 12.4 Å². The average Bonchev–Trinajstić information content (AvgIpc) is 2.66. The number of rotatable bonds is 3. The van der Waals surface area contributed by atoms with Crippen LogP contribution in [-0.4, -0.2) is 39.5 Å². The van der Waals surface area contributed by atoms with E-state index in [1.54, 1.807) is 4.90 Å². The van der Waals surface area contributed by atoms with Gasteiger partial charge >= 0.3 is 11.9 Å². The molecule has 0 amide bonds. The minimum atomic E-state index is -0.619. The highest BCUT2D eigenvalue weighted by atomic mass is 79.9. The normalized spacial score (nSPS) is 14.6. The predicted molar refractivity (Wildman–Crippen MR) is 96.0 cm³/mol. The van der Waals surface area contributed by atoms with Gasteiger partial charge in [-0.1, -0.05) is 40.2 Å². The first kappa shape index (κ1) is 17.4. The number of halogens is 1. The van der Waals surface area contributed by atoms with Crippen LogP contribution >= 0.6 is 15.9 Å². The summed E-state index contributed by atoms with van der Waals surface area (Å²) in [5.41, 5.74) is 1.00. The van der Waals surface area contributed by atoms with Crippen LogP contribution in [0.1, 0.15) is 0 Å². The molecule has 2 aromatic carbocycles. The molecule has 3 rings (SSSR count). The number of carbonyl (C=O) groups is 2. The molecule has 0 atom stereocenters. The molecule has 0 spiro atoms. The van der Waals surface area contributed by atoms with Crippen molar-refractivity contribution in [3.8, 4) is 0 Å². The molecule has 0 N–H and O–H groups in total. The van der Waals surface area contributed by atoms with E-state index < -0.39 is 11.9 Å². The molecule has 1 heterocycles. The van der Waals surface area contributed by atoms with Crippen LogP contribution < -0.4 is 4.90 Å². The highest BCUT2D eigenvalue weighted by Crippen LogP contribution is 2.35. The first-order chi connectivity index (χ1) is 12.1. The van der Waals surface area contributed by atoms with Crippen molar-refractivity contribution in [1.82, 2.24) is 0 Å². The lowest BCUT2D eigenvalue weighted by atomic mass is 10.1. The molecule has 0 aliphatic carbocycles. The smallest absolute Gasteiger partial charge is 0.355 e. The Bertz CT molecular complexity index is 877. The second-order valence-corrected chi connectivity index (χ2v) is 6.18. The number of anilines is 1. The van der Waals surface area contributed by atoms with Crippen molar-refractivity contribution in [3.63, 3.8) is 0 Å². The van der Waals surface area contributed by atoms with E-state index in [9.17, 15) is 9.59 Å². The van der Waals surface area contributed by atoms with Crippen LogP contribution in [-0.2, 0) is 23.8 Å². The molecule has 0 aromatic heterocycles. The molecular formula is C18H16BrNO5. The van der Waals surface area contributed by atoms with Crippen molar-refractivity contribution >= 4 is 44.3 Å². The van der Waals surface area contributed by atoms with Gasteiger partial charge in [0.2, 0.25) is 0 Å². The lowest BCUT2D eigenvalue weighted by Crippen LogP contribution is -2.38. The van der Waals surface area contributed by atoms with Gasteiger partial charge in [0.05, 0.1) is 32.1 Å². The third-order valence-corrected chi connectivity index (χ3v) is 4.66. The summed E-state index contributed by atoms with van der Waals surface area (Å²) in [6.07, 6.45) is 0. The molecule has 1 aliphatic rings. The summed E-state index contributed by atoms with van der Waals surface area (Å²) in [5, 5.41) is 1.89. The van der Waals surface area contributed by atoms with Crippen molar-refractivity contribution in [1.29, 1.82) is 0 Å². The van der Waals surface area contributed by atoms with Gasteiger partial charge in [0, 0.05) is 9.86 Å². The maximum atomic E-state index is 12.4. The lowest BCUT2D eigenvalue weighted by molar-refractivity contribution is -0.140. The maximum absolute atomic E-state index is 12.4. The van der Waals surface area contributed by atoms with E-state index in [2.05, 4.69) is 15.9 Å². The number of fused-ring (bicyclic) bond motifs is 1. The topological polar surface area (TPSA) is 65.1 Å². The molecule has 2 aromatic rings. The van der Waals surface area contributed by atoms with E-state index >= 15 is 0 Å². The van der Waals surface area contributed by atoms with Gasteiger partial charge in [-0.3, -0.25) is 0 Å². The van der Waals surface area contributed by atoms with Gasteiger partial charge in [-0.15, -0.1) is 0 Å². The highest BCUT2D eigenvalue weighted by Gasteiger charge is 2.33. The summed E-state index contributed by atoms with van der Waals surface area (Å²) in [6, 6.07) is 11.5. The van der Waals surface area contributed by atoms with Crippen LogP contribution in [0.3, 0.4) is 0 Å². The van der Waals surface area contributed by atoms with Gasteiger partial charge in [-0.25, -0.2) is 9.59 Å². The van der Waals surface area contributed by atoms with Crippen LogP contribution in [0.25, 0.3) is 10.8 Å². The largest absolute Gasteiger partial charge is 0.466 e. The van der Waals surface area contributed by atoms with Crippen molar-refractivity contribution in [2.24, 2.45) is 0 Å². The zero-order valence-corrected chi connectivity index (χ0v) is 15.3.